The summed E-state index contributed by atoms with van der Waals surface area (Å²) in [7, 11) is 4.00. The molecule has 0 aliphatic rings. The number of hydrogen-bond acceptors (Lipinski definition) is 3. The van der Waals surface area contributed by atoms with E-state index in [9.17, 15) is 4.79 Å². The monoisotopic (exact) mass is 270 g/mol. The highest BCUT2D eigenvalue weighted by atomic mass is 35.5. The summed E-state index contributed by atoms with van der Waals surface area (Å²) in [5, 5.41) is 9.56. The van der Waals surface area contributed by atoms with Crippen molar-refractivity contribution in [2.75, 3.05) is 38.6 Å². The summed E-state index contributed by atoms with van der Waals surface area (Å²) in [6.45, 7) is 1.62. The van der Waals surface area contributed by atoms with Gasteiger partial charge in [0.15, 0.2) is 0 Å². The predicted molar refractivity (Wildman–Crippen MR) is 74.5 cm³/mol. The lowest BCUT2D eigenvalue weighted by atomic mass is 10.2. The molecule has 0 aliphatic heterocycles. The van der Waals surface area contributed by atoms with E-state index in [1.165, 1.54) is 0 Å². The second-order valence-corrected chi connectivity index (χ2v) is 4.89. The quantitative estimate of drug-likeness (QED) is 0.825. The minimum absolute atomic E-state index is 0.00618. The lowest BCUT2D eigenvalue weighted by Crippen LogP contribution is -2.32. The maximum Gasteiger partial charge on any atom is 0.323 e. The molecule has 0 atom stereocenters. The Kier molecular flexibility index (Phi) is 5.95. The normalized spacial score (nSPS) is 10.7. The van der Waals surface area contributed by atoms with Gasteiger partial charge in [0.25, 0.3) is 0 Å². The Labute approximate surface area is 113 Å². The first-order chi connectivity index (χ1) is 8.49. The summed E-state index contributed by atoms with van der Waals surface area (Å²) >= 11 is 5.93. The van der Waals surface area contributed by atoms with E-state index in [0.29, 0.717) is 11.6 Å². The molecule has 0 saturated carbocycles. The van der Waals surface area contributed by atoms with Crippen LogP contribution in [0.25, 0.3) is 0 Å². The van der Waals surface area contributed by atoms with Crippen LogP contribution in [0.5, 0.6) is 0 Å². The van der Waals surface area contributed by atoms with Crippen molar-refractivity contribution in [1.29, 1.82) is 0 Å². The number of benzene rings is 1. The lowest BCUT2D eigenvalue weighted by molar-refractivity contribution is -0.135. The second-order valence-electron chi connectivity index (χ2n) is 4.45. The van der Waals surface area contributed by atoms with Crippen LogP contribution in [-0.2, 0) is 4.79 Å². The summed E-state index contributed by atoms with van der Waals surface area (Å²) < 4.78 is 0. The van der Waals surface area contributed by atoms with Crippen LogP contribution in [0, 0.1) is 0 Å². The number of hydrogen-bond donors (Lipinski definition) is 1. The predicted octanol–water partition coefficient (Wildman–Crippen LogP) is 2.18. The molecule has 1 rings (SSSR count). The topological polar surface area (TPSA) is 43.8 Å². The Hall–Kier alpha value is -1.26. The molecule has 1 aromatic carbocycles. The van der Waals surface area contributed by atoms with Crippen molar-refractivity contribution >= 4 is 23.3 Å². The van der Waals surface area contributed by atoms with Gasteiger partial charge in [-0.1, -0.05) is 17.7 Å². The van der Waals surface area contributed by atoms with Gasteiger partial charge in [0, 0.05) is 17.3 Å². The number of carbonyl (C=O) groups is 1. The molecule has 18 heavy (non-hydrogen) atoms. The Morgan fingerprint density at radius 2 is 2.06 bits per heavy atom. The molecule has 0 heterocycles. The molecular formula is C13H19ClN2O2. The Balaban J connectivity index is 2.68. The van der Waals surface area contributed by atoms with Gasteiger partial charge < -0.3 is 14.9 Å². The van der Waals surface area contributed by atoms with E-state index in [1.807, 2.05) is 31.1 Å². The molecule has 5 heteroatoms. The molecule has 0 unspecified atom stereocenters. The molecule has 0 radical (unpaired) electrons. The third-order valence-electron chi connectivity index (χ3n) is 2.53. The van der Waals surface area contributed by atoms with Gasteiger partial charge in [0.1, 0.15) is 6.54 Å². The average Bonchev–Trinajstić information content (AvgIpc) is 2.26. The first-order valence-electron chi connectivity index (χ1n) is 5.86. The molecule has 1 N–H and O–H groups in total. The fourth-order valence-corrected chi connectivity index (χ4v) is 1.90. The number of aliphatic carboxylic acids is 1. The highest BCUT2D eigenvalue weighted by molar-refractivity contribution is 6.30. The van der Waals surface area contributed by atoms with E-state index in [1.54, 1.807) is 12.1 Å². The van der Waals surface area contributed by atoms with Gasteiger partial charge >= 0.3 is 5.97 Å². The Morgan fingerprint density at radius 1 is 1.33 bits per heavy atom. The van der Waals surface area contributed by atoms with Crippen LogP contribution in [0.3, 0.4) is 0 Å². The molecule has 0 amide bonds. The summed E-state index contributed by atoms with van der Waals surface area (Å²) in [5.74, 6) is -0.833. The number of halogens is 1. The largest absolute Gasteiger partial charge is 0.480 e. The maximum absolute atomic E-state index is 10.9. The zero-order chi connectivity index (χ0) is 13.5. The molecule has 0 aromatic heterocycles. The standard InChI is InChI=1S/C13H19ClN2O2/c1-15(2)7-4-8-16(10-13(17)18)12-6-3-5-11(14)9-12/h3,5-6,9H,4,7-8,10H2,1-2H3,(H,17,18). The van der Waals surface area contributed by atoms with Crippen LogP contribution in [0.4, 0.5) is 5.69 Å². The third-order valence-corrected chi connectivity index (χ3v) is 2.77. The fourth-order valence-electron chi connectivity index (χ4n) is 1.71. The highest BCUT2D eigenvalue weighted by Gasteiger charge is 2.10. The summed E-state index contributed by atoms with van der Waals surface area (Å²) in [6, 6.07) is 7.28. The van der Waals surface area contributed by atoms with Crippen molar-refractivity contribution < 1.29 is 9.90 Å². The van der Waals surface area contributed by atoms with Crippen molar-refractivity contribution in [2.45, 2.75) is 6.42 Å². The van der Waals surface area contributed by atoms with Gasteiger partial charge in [-0.3, -0.25) is 4.79 Å². The van der Waals surface area contributed by atoms with Gasteiger partial charge in [0.2, 0.25) is 0 Å². The Morgan fingerprint density at radius 3 is 2.61 bits per heavy atom. The van der Waals surface area contributed by atoms with E-state index in [4.69, 9.17) is 16.7 Å². The zero-order valence-corrected chi connectivity index (χ0v) is 11.5. The fraction of sp³-hybridized carbons (Fsp3) is 0.462. The minimum Gasteiger partial charge on any atom is -0.480 e. The average molecular weight is 271 g/mol. The van der Waals surface area contributed by atoms with Gasteiger partial charge in [-0.05, 0) is 45.3 Å². The number of carboxylic acids is 1. The minimum atomic E-state index is -0.833. The summed E-state index contributed by atoms with van der Waals surface area (Å²) in [4.78, 5) is 14.8. The number of carboxylic acid groups (broad SMARTS) is 1. The molecule has 0 fully saturated rings. The number of nitrogens with zero attached hydrogens (tertiary/aromatic N) is 2. The van der Waals surface area contributed by atoms with E-state index in [-0.39, 0.29) is 6.54 Å². The Bertz CT molecular complexity index is 396. The van der Waals surface area contributed by atoms with Crippen LogP contribution >= 0.6 is 11.6 Å². The molecule has 0 aliphatic carbocycles. The van der Waals surface area contributed by atoms with Crippen LogP contribution in [-0.4, -0.2) is 49.7 Å². The van der Waals surface area contributed by atoms with Crippen LogP contribution in [0.1, 0.15) is 6.42 Å². The van der Waals surface area contributed by atoms with E-state index in [2.05, 4.69) is 4.90 Å². The van der Waals surface area contributed by atoms with Crippen LogP contribution in [0.15, 0.2) is 24.3 Å². The zero-order valence-electron chi connectivity index (χ0n) is 10.8. The van der Waals surface area contributed by atoms with E-state index in [0.717, 1.165) is 18.7 Å². The van der Waals surface area contributed by atoms with Crippen molar-refractivity contribution in [2.24, 2.45) is 0 Å². The molecule has 0 saturated heterocycles. The van der Waals surface area contributed by atoms with Gasteiger partial charge in [-0.2, -0.15) is 0 Å². The van der Waals surface area contributed by atoms with Gasteiger partial charge in [-0.15, -0.1) is 0 Å². The SMILES string of the molecule is CN(C)CCCN(CC(=O)O)c1cccc(Cl)c1. The third kappa shape index (κ3) is 5.38. The van der Waals surface area contributed by atoms with Crippen molar-refractivity contribution in [1.82, 2.24) is 4.90 Å². The molecule has 4 nitrogen and oxygen atoms in total. The second kappa shape index (κ2) is 7.24. The molecule has 100 valence electrons. The van der Waals surface area contributed by atoms with Gasteiger partial charge in [0.05, 0.1) is 0 Å². The highest BCUT2D eigenvalue weighted by Crippen LogP contribution is 2.19. The van der Waals surface area contributed by atoms with Crippen LogP contribution < -0.4 is 4.90 Å². The van der Waals surface area contributed by atoms with E-state index < -0.39 is 5.97 Å². The first-order valence-corrected chi connectivity index (χ1v) is 6.24. The van der Waals surface area contributed by atoms with E-state index >= 15 is 0 Å². The maximum atomic E-state index is 10.9. The van der Waals surface area contributed by atoms with Crippen molar-refractivity contribution in [3.63, 3.8) is 0 Å². The summed E-state index contributed by atoms with van der Waals surface area (Å²) in [5.41, 5.74) is 0.851. The summed E-state index contributed by atoms with van der Waals surface area (Å²) in [6.07, 6.45) is 0.910. The number of rotatable bonds is 7. The molecule has 0 bridgehead atoms. The van der Waals surface area contributed by atoms with Crippen molar-refractivity contribution in [3.05, 3.63) is 29.3 Å². The lowest BCUT2D eigenvalue weighted by Gasteiger charge is -2.23. The molecule has 1 aromatic rings. The van der Waals surface area contributed by atoms with Crippen LogP contribution in [0.2, 0.25) is 5.02 Å². The van der Waals surface area contributed by atoms with Gasteiger partial charge in [-0.25, -0.2) is 0 Å². The van der Waals surface area contributed by atoms with Crippen molar-refractivity contribution in [3.8, 4) is 0 Å². The molecular weight excluding hydrogens is 252 g/mol. The number of anilines is 1. The first kappa shape index (κ1) is 14.8. The smallest absolute Gasteiger partial charge is 0.323 e. The molecule has 0 spiro atoms.